The molecule has 0 bridgehead atoms. The molecule has 0 saturated heterocycles. The number of hydrogen-bond acceptors (Lipinski definition) is 3. The first-order valence-corrected chi connectivity index (χ1v) is 11.3. The van der Waals surface area contributed by atoms with Gasteiger partial charge in [-0.2, -0.15) is 0 Å². The van der Waals surface area contributed by atoms with Crippen LogP contribution in [0.25, 0.3) is 0 Å². The Hall–Kier alpha value is -0.683. The largest absolute Gasteiger partial charge is 0.538 e. The highest BCUT2D eigenvalue weighted by Gasteiger charge is 2.53. The summed E-state index contributed by atoms with van der Waals surface area (Å²) in [6, 6.07) is 10.2. The van der Waals surface area contributed by atoms with Crippen molar-refractivity contribution in [1.29, 1.82) is 0 Å². The predicted molar refractivity (Wildman–Crippen MR) is 108 cm³/mol. The zero-order valence-electron chi connectivity index (χ0n) is 17.7. The van der Waals surface area contributed by atoms with E-state index in [1.165, 1.54) is 0 Å². The molecule has 0 saturated carbocycles. The van der Waals surface area contributed by atoms with Crippen LogP contribution in [0.15, 0.2) is 30.3 Å². The van der Waals surface area contributed by atoms with Crippen molar-refractivity contribution in [3.05, 3.63) is 30.3 Å². The smallest absolute Gasteiger partial charge is 0.365 e. The first-order chi connectivity index (χ1) is 11.4. The van der Waals surface area contributed by atoms with Gasteiger partial charge in [-0.1, -0.05) is 51.1 Å². The minimum absolute atomic E-state index is 0.324. The summed E-state index contributed by atoms with van der Waals surface area (Å²) in [5.41, 5.74) is -0.971. The van der Waals surface area contributed by atoms with Gasteiger partial charge >= 0.3 is 8.80 Å². The first kappa shape index (κ1) is 22.4. The molecule has 4 heteroatoms. The Morgan fingerprint density at radius 1 is 0.640 bits per heavy atom. The van der Waals surface area contributed by atoms with Crippen molar-refractivity contribution in [2.75, 3.05) is 0 Å². The molecule has 25 heavy (non-hydrogen) atoms. The van der Waals surface area contributed by atoms with Gasteiger partial charge in [0.2, 0.25) is 0 Å². The summed E-state index contributed by atoms with van der Waals surface area (Å²) < 4.78 is 20.2. The van der Waals surface area contributed by atoms with Crippen LogP contribution >= 0.6 is 0 Å². The predicted octanol–water partition coefficient (Wildman–Crippen LogP) is 5.45. The SMILES string of the molecule is CCC(C)(C)O[Si](OC(C)(C)CC)(OC(C)(C)CC)c1ccccc1. The van der Waals surface area contributed by atoms with Crippen LogP contribution < -0.4 is 5.19 Å². The molecule has 0 heterocycles. The van der Waals surface area contributed by atoms with E-state index in [-0.39, 0.29) is 16.8 Å². The molecule has 0 radical (unpaired) electrons. The van der Waals surface area contributed by atoms with Gasteiger partial charge in [-0.05, 0) is 60.8 Å². The molecule has 3 nitrogen and oxygen atoms in total. The Labute approximate surface area is 156 Å². The van der Waals surface area contributed by atoms with Crippen LogP contribution in [-0.4, -0.2) is 25.6 Å². The van der Waals surface area contributed by atoms with E-state index >= 15 is 0 Å². The summed E-state index contributed by atoms with van der Waals surface area (Å²) in [4.78, 5) is 0. The fourth-order valence-corrected chi connectivity index (χ4v) is 5.88. The maximum atomic E-state index is 6.73. The number of hydrogen-bond donors (Lipinski definition) is 0. The van der Waals surface area contributed by atoms with Gasteiger partial charge in [-0.15, -0.1) is 0 Å². The lowest BCUT2D eigenvalue weighted by molar-refractivity contribution is -0.0815. The summed E-state index contributed by atoms with van der Waals surface area (Å²) in [6.45, 7) is 19.1. The Kier molecular flexibility index (Phi) is 7.46. The van der Waals surface area contributed by atoms with Crippen LogP contribution in [0.3, 0.4) is 0 Å². The topological polar surface area (TPSA) is 27.7 Å². The van der Waals surface area contributed by atoms with Gasteiger partial charge in [0.1, 0.15) is 0 Å². The van der Waals surface area contributed by atoms with Gasteiger partial charge in [-0.25, -0.2) is 0 Å². The third-order valence-corrected chi connectivity index (χ3v) is 8.42. The lowest BCUT2D eigenvalue weighted by atomic mass is 10.1. The quantitative estimate of drug-likeness (QED) is 0.515. The van der Waals surface area contributed by atoms with Crippen molar-refractivity contribution in [3.8, 4) is 0 Å². The summed E-state index contributed by atoms with van der Waals surface area (Å²) in [6.07, 6.45) is 2.67. The van der Waals surface area contributed by atoms with Crippen molar-refractivity contribution in [3.63, 3.8) is 0 Å². The first-order valence-electron chi connectivity index (χ1n) is 9.57. The Morgan fingerprint density at radius 2 is 0.960 bits per heavy atom. The lowest BCUT2D eigenvalue weighted by Crippen LogP contribution is -2.65. The van der Waals surface area contributed by atoms with Gasteiger partial charge in [0.05, 0.1) is 16.8 Å². The number of benzene rings is 1. The van der Waals surface area contributed by atoms with Crippen LogP contribution in [-0.2, 0) is 13.3 Å². The molecule has 0 aromatic heterocycles. The Balaban J connectivity index is 3.51. The van der Waals surface area contributed by atoms with E-state index < -0.39 is 8.80 Å². The maximum Gasteiger partial charge on any atom is 0.538 e. The van der Waals surface area contributed by atoms with E-state index in [9.17, 15) is 0 Å². The fourth-order valence-electron chi connectivity index (χ4n) is 2.19. The fraction of sp³-hybridized carbons (Fsp3) is 0.714. The van der Waals surface area contributed by atoms with Crippen molar-refractivity contribution in [2.24, 2.45) is 0 Å². The highest BCUT2D eigenvalue weighted by Crippen LogP contribution is 2.32. The molecule has 144 valence electrons. The molecule has 1 rings (SSSR count). The summed E-state index contributed by atoms with van der Waals surface area (Å²) in [5.74, 6) is 0. The average Bonchev–Trinajstić information content (AvgIpc) is 2.54. The van der Waals surface area contributed by atoms with Crippen molar-refractivity contribution < 1.29 is 13.3 Å². The molecule has 0 N–H and O–H groups in total. The minimum Gasteiger partial charge on any atom is -0.365 e. The van der Waals surface area contributed by atoms with E-state index in [1.807, 2.05) is 18.2 Å². The second-order valence-electron chi connectivity index (χ2n) is 8.57. The third-order valence-electron chi connectivity index (χ3n) is 4.91. The number of rotatable bonds is 10. The minimum atomic E-state index is -3.14. The standard InChI is InChI=1S/C21H38O3Si/c1-10-19(4,5)22-25(23-20(6,7)11-2,24-21(8,9)12-3)18-16-14-13-15-17-18/h13-17H,10-12H2,1-9H3. The van der Waals surface area contributed by atoms with Crippen LogP contribution in [0.2, 0.25) is 0 Å². The molecule has 0 fully saturated rings. The molecular weight excluding hydrogens is 328 g/mol. The zero-order chi connectivity index (χ0) is 19.4. The third kappa shape index (κ3) is 6.52. The molecule has 0 unspecified atom stereocenters. The molecule has 1 aromatic carbocycles. The van der Waals surface area contributed by atoms with E-state index in [2.05, 4.69) is 74.4 Å². The monoisotopic (exact) mass is 366 g/mol. The van der Waals surface area contributed by atoms with Crippen molar-refractivity contribution in [1.82, 2.24) is 0 Å². The van der Waals surface area contributed by atoms with Gasteiger partial charge < -0.3 is 13.3 Å². The van der Waals surface area contributed by atoms with E-state index in [0.29, 0.717) is 0 Å². The van der Waals surface area contributed by atoms with E-state index in [4.69, 9.17) is 13.3 Å². The second-order valence-corrected chi connectivity index (χ2v) is 10.9. The Bertz CT molecular complexity index is 478. The highest BCUT2D eigenvalue weighted by atomic mass is 28.4. The van der Waals surface area contributed by atoms with Crippen LogP contribution in [0.5, 0.6) is 0 Å². The van der Waals surface area contributed by atoms with Crippen LogP contribution in [0.4, 0.5) is 0 Å². The molecule has 0 atom stereocenters. The molecule has 0 aliphatic heterocycles. The van der Waals surface area contributed by atoms with Crippen molar-refractivity contribution in [2.45, 2.75) is 98.4 Å². The van der Waals surface area contributed by atoms with Gasteiger partial charge in [0.15, 0.2) is 0 Å². The molecule has 0 amide bonds. The second kappa shape index (κ2) is 8.34. The van der Waals surface area contributed by atoms with E-state index in [1.54, 1.807) is 0 Å². The molecule has 0 spiro atoms. The summed E-state index contributed by atoms with van der Waals surface area (Å²) in [7, 11) is -3.14. The molecule has 0 aliphatic carbocycles. The zero-order valence-corrected chi connectivity index (χ0v) is 18.7. The maximum absolute atomic E-state index is 6.73. The lowest BCUT2D eigenvalue weighted by Gasteiger charge is -2.45. The molecular formula is C21H38O3Si. The molecule has 0 aliphatic rings. The van der Waals surface area contributed by atoms with Crippen LogP contribution in [0, 0.1) is 0 Å². The normalized spacial score (nSPS) is 14.0. The molecule has 1 aromatic rings. The van der Waals surface area contributed by atoms with Gasteiger partial charge in [0, 0.05) is 5.19 Å². The van der Waals surface area contributed by atoms with E-state index in [0.717, 1.165) is 24.4 Å². The van der Waals surface area contributed by atoms with Gasteiger partial charge in [0.25, 0.3) is 0 Å². The average molecular weight is 367 g/mol. The van der Waals surface area contributed by atoms with Crippen LogP contribution in [0.1, 0.15) is 81.6 Å². The van der Waals surface area contributed by atoms with Gasteiger partial charge in [-0.3, -0.25) is 0 Å². The Morgan fingerprint density at radius 3 is 1.24 bits per heavy atom. The summed E-state index contributed by atoms with van der Waals surface area (Å²) >= 11 is 0. The highest BCUT2D eigenvalue weighted by molar-refractivity contribution is 6.75. The van der Waals surface area contributed by atoms with Crippen molar-refractivity contribution >= 4 is 14.0 Å². The summed E-state index contributed by atoms with van der Waals surface area (Å²) in [5, 5.41) is 1.03.